The molecule has 0 unspecified atom stereocenters. The van der Waals surface area contributed by atoms with Gasteiger partial charge in [-0.25, -0.2) is 0 Å². The van der Waals surface area contributed by atoms with Gasteiger partial charge in [-0.1, -0.05) is 18.5 Å². The highest BCUT2D eigenvalue weighted by atomic mass is 35.5. The van der Waals surface area contributed by atoms with Crippen molar-refractivity contribution in [2.45, 2.75) is 13.3 Å². The van der Waals surface area contributed by atoms with Crippen LogP contribution >= 0.6 is 11.6 Å². The Labute approximate surface area is 74.2 Å². The van der Waals surface area contributed by atoms with Crippen molar-refractivity contribution in [1.82, 2.24) is 19.6 Å². The van der Waals surface area contributed by atoms with Crippen molar-refractivity contribution in [1.29, 1.82) is 0 Å². The maximum atomic E-state index is 5.90. The van der Waals surface area contributed by atoms with Crippen LogP contribution in [0.15, 0.2) is 12.4 Å². The van der Waals surface area contributed by atoms with E-state index < -0.39 is 0 Å². The fraction of sp³-hybridized carbons (Fsp3) is 0.286. The Kier molecular flexibility index (Phi) is 1.69. The largest absolute Gasteiger partial charge is 0.266 e. The minimum Gasteiger partial charge on any atom is -0.266 e. The third-order valence-corrected chi connectivity index (χ3v) is 1.92. The molecule has 12 heavy (non-hydrogen) atoms. The van der Waals surface area contributed by atoms with Gasteiger partial charge >= 0.3 is 0 Å². The predicted octanol–water partition coefficient (Wildman–Crippen LogP) is 1.34. The van der Waals surface area contributed by atoms with Crippen molar-refractivity contribution in [2.24, 2.45) is 0 Å². The topological polar surface area (TPSA) is 43.1 Å². The summed E-state index contributed by atoms with van der Waals surface area (Å²) in [6.07, 6.45) is 4.03. The lowest BCUT2D eigenvalue weighted by Crippen LogP contribution is -1.94. The molecule has 0 saturated heterocycles. The lowest BCUT2D eigenvalue weighted by atomic mass is 10.4. The Hall–Kier alpha value is -1.16. The molecule has 0 saturated carbocycles. The molecular formula is C7H7ClN4. The number of hydrogen-bond acceptors (Lipinski definition) is 3. The number of hydrogen-bond donors (Lipinski definition) is 0. The minimum atomic E-state index is 0.550. The molecule has 2 heterocycles. The van der Waals surface area contributed by atoms with Gasteiger partial charge in [-0.05, 0) is 0 Å². The summed E-state index contributed by atoms with van der Waals surface area (Å²) >= 11 is 5.90. The Morgan fingerprint density at radius 2 is 2.25 bits per heavy atom. The van der Waals surface area contributed by atoms with Crippen LogP contribution in [-0.2, 0) is 6.42 Å². The second kappa shape index (κ2) is 2.71. The van der Waals surface area contributed by atoms with Crippen LogP contribution in [0.4, 0.5) is 0 Å². The smallest absolute Gasteiger partial charge is 0.180 e. The Morgan fingerprint density at radius 3 is 3.00 bits per heavy atom. The first-order chi connectivity index (χ1) is 5.83. The molecule has 0 spiro atoms. The van der Waals surface area contributed by atoms with Gasteiger partial charge in [0, 0.05) is 6.42 Å². The fourth-order valence-corrected chi connectivity index (χ4v) is 1.34. The zero-order valence-corrected chi connectivity index (χ0v) is 7.28. The van der Waals surface area contributed by atoms with E-state index in [0.717, 1.165) is 12.2 Å². The van der Waals surface area contributed by atoms with Gasteiger partial charge in [-0.2, -0.15) is 0 Å². The highest BCUT2D eigenvalue weighted by Gasteiger charge is 2.05. The summed E-state index contributed by atoms with van der Waals surface area (Å²) in [7, 11) is 0. The second-order valence-electron chi connectivity index (χ2n) is 2.39. The first kappa shape index (κ1) is 7.49. The molecule has 0 bridgehead atoms. The molecule has 0 amide bonds. The maximum absolute atomic E-state index is 5.90. The Bertz CT molecular complexity index is 409. The average molecular weight is 183 g/mol. The standard InChI is InChI=1S/C7H7ClN4/c1-2-6-10-11-7-4-9-3-5(8)12(6)7/h3-4H,2H2,1H3. The van der Waals surface area contributed by atoms with Crippen LogP contribution in [0.25, 0.3) is 5.65 Å². The van der Waals surface area contributed by atoms with Gasteiger partial charge < -0.3 is 0 Å². The highest BCUT2D eigenvalue weighted by molar-refractivity contribution is 6.29. The number of aryl methyl sites for hydroxylation is 1. The molecule has 0 atom stereocenters. The number of halogens is 1. The molecule has 0 radical (unpaired) electrons. The third kappa shape index (κ3) is 0.956. The summed E-state index contributed by atoms with van der Waals surface area (Å²) in [6.45, 7) is 2.01. The molecule has 0 aliphatic carbocycles. The number of aromatic nitrogens is 4. The van der Waals surface area contributed by atoms with Crippen LogP contribution < -0.4 is 0 Å². The Morgan fingerprint density at radius 1 is 1.42 bits per heavy atom. The van der Waals surface area contributed by atoms with E-state index in [1.54, 1.807) is 16.8 Å². The monoisotopic (exact) mass is 182 g/mol. The van der Waals surface area contributed by atoms with E-state index in [4.69, 9.17) is 11.6 Å². The number of nitrogens with zero attached hydrogens (tertiary/aromatic N) is 4. The van der Waals surface area contributed by atoms with E-state index in [0.29, 0.717) is 10.8 Å². The van der Waals surface area contributed by atoms with Gasteiger partial charge in [0.05, 0.1) is 12.4 Å². The zero-order chi connectivity index (χ0) is 8.55. The van der Waals surface area contributed by atoms with E-state index in [2.05, 4.69) is 15.2 Å². The lowest BCUT2D eigenvalue weighted by molar-refractivity contribution is 0.907. The SMILES string of the molecule is CCc1nnc2cncc(Cl)n12. The molecule has 5 heteroatoms. The molecule has 0 N–H and O–H groups in total. The van der Waals surface area contributed by atoms with Gasteiger partial charge in [-0.3, -0.25) is 9.38 Å². The van der Waals surface area contributed by atoms with Crippen LogP contribution in [0.1, 0.15) is 12.7 Å². The van der Waals surface area contributed by atoms with E-state index in [1.165, 1.54) is 0 Å². The number of fused-ring (bicyclic) bond motifs is 1. The summed E-state index contributed by atoms with van der Waals surface area (Å²) in [5.41, 5.74) is 0.694. The maximum Gasteiger partial charge on any atom is 0.180 e. The van der Waals surface area contributed by atoms with Crippen LogP contribution in [0, 0.1) is 0 Å². The van der Waals surface area contributed by atoms with Crippen molar-refractivity contribution in [3.05, 3.63) is 23.4 Å². The second-order valence-corrected chi connectivity index (χ2v) is 2.78. The van der Waals surface area contributed by atoms with Crippen molar-refractivity contribution < 1.29 is 0 Å². The fourth-order valence-electron chi connectivity index (χ4n) is 1.10. The summed E-state index contributed by atoms with van der Waals surface area (Å²) in [4.78, 5) is 3.90. The third-order valence-electron chi connectivity index (χ3n) is 1.66. The molecule has 2 rings (SSSR count). The lowest BCUT2D eigenvalue weighted by Gasteiger charge is -1.97. The van der Waals surface area contributed by atoms with Gasteiger partial charge in [0.2, 0.25) is 0 Å². The summed E-state index contributed by atoms with van der Waals surface area (Å²) in [5.74, 6) is 0.859. The molecule has 62 valence electrons. The van der Waals surface area contributed by atoms with Crippen LogP contribution in [0.5, 0.6) is 0 Å². The van der Waals surface area contributed by atoms with Crippen LogP contribution in [-0.4, -0.2) is 19.6 Å². The Balaban J connectivity index is 2.83. The van der Waals surface area contributed by atoms with Crippen LogP contribution in [0.3, 0.4) is 0 Å². The molecule has 2 aromatic rings. The van der Waals surface area contributed by atoms with Gasteiger partial charge in [-0.15, -0.1) is 10.2 Å². The molecule has 4 nitrogen and oxygen atoms in total. The van der Waals surface area contributed by atoms with Crippen LogP contribution in [0.2, 0.25) is 5.15 Å². The van der Waals surface area contributed by atoms with Gasteiger partial charge in [0.15, 0.2) is 5.65 Å². The molecule has 0 fully saturated rings. The van der Waals surface area contributed by atoms with Crippen molar-refractivity contribution in [2.75, 3.05) is 0 Å². The molecule has 0 aliphatic rings. The van der Waals surface area contributed by atoms with E-state index in [9.17, 15) is 0 Å². The minimum absolute atomic E-state index is 0.550. The zero-order valence-electron chi connectivity index (χ0n) is 6.53. The summed E-state index contributed by atoms with van der Waals surface area (Å²) in [6, 6.07) is 0. The highest BCUT2D eigenvalue weighted by Crippen LogP contribution is 2.11. The van der Waals surface area contributed by atoms with E-state index in [1.807, 2.05) is 6.92 Å². The quantitative estimate of drug-likeness (QED) is 0.669. The molecule has 0 aliphatic heterocycles. The van der Waals surface area contributed by atoms with Gasteiger partial charge in [0.25, 0.3) is 0 Å². The average Bonchev–Trinajstić information content (AvgIpc) is 2.49. The first-order valence-electron chi connectivity index (χ1n) is 3.66. The predicted molar refractivity (Wildman–Crippen MR) is 45.2 cm³/mol. The van der Waals surface area contributed by atoms with Crippen molar-refractivity contribution >= 4 is 17.2 Å². The normalized spacial score (nSPS) is 10.8. The first-order valence-corrected chi connectivity index (χ1v) is 4.04. The summed E-state index contributed by atoms with van der Waals surface area (Å²) < 4.78 is 1.79. The molecule has 0 aromatic carbocycles. The molecule has 2 aromatic heterocycles. The van der Waals surface area contributed by atoms with Gasteiger partial charge in [0.1, 0.15) is 11.0 Å². The van der Waals surface area contributed by atoms with E-state index in [-0.39, 0.29) is 0 Å². The molecular weight excluding hydrogens is 176 g/mol. The summed E-state index contributed by atoms with van der Waals surface area (Å²) in [5, 5.41) is 8.43. The van der Waals surface area contributed by atoms with Crippen molar-refractivity contribution in [3.63, 3.8) is 0 Å². The van der Waals surface area contributed by atoms with E-state index >= 15 is 0 Å². The van der Waals surface area contributed by atoms with Crippen molar-refractivity contribution in [3.8, 4) is 0 Å². The number of rotatable bonds is 1.